The molecule has 2 amide bonds. The highest BCUT2D eigenvalue weighted by atomic mass is 19.1. The third kappa shape index (κ3) is 8.38. The zero-order chi connectivity index (χ0) is 46.1. The van der Waals surface area contributed by atoms with Gasteiger partial charge in [-0.2, -0.15) is 9.97 Å². The molecule has 5 aromatic rings. The van der Waals surface area contributed by atoms with Gasteiger partial charge >= 0.3 is 6.01 Å². The van der Waals surface area contributed by atoms with Crippen molar-refractivity contribution < 1.29 is 37.3 Å². The number of benzene rings is 3. The minimum Gasteiger partial charge on any atom is -0.508 e. The molecule has 5 saturated heterocycles. The molecule has 16 heteroatoms. The lowest BCUT2D eigenvalue weighted by atomic mass is 9.71. The lowest BCUT2D eigenvalue weighted by Gasteiger charge is -2.48. The van der Waals surface area contributed by atoms with Crippen molar-refractivity contribution in [1.82, 2.24) is 25.2 Å². The van der Waals surface area contributed by atoms with E-state index in [1.165, 1.54) is 18.2 Å². The number of rotatable bonds is 11. The largest absolute Gasteiger partial charge is 0.508 e. The smallest absolute Gasteiger partial charge is 0.319 e. The monoisotopic (exact) mass is 918 g/mol. The van der Waals surface area contributed by atoms with Gasteiger partial charge < -0.3 is 34.6 Å². The highest BCUT2D eigenvalue weighted by Crippen LogP contribution is 2.49. The Hall–Kier alpha value is -5.74. The first-order valence-corrected chi connectivity index (χ1v) is 24.1. The molecular formula is C51H57F3N8O5. The van der Waals surface area contributed by atoms with E-state index in [4.69, 9.17) is 19.4 Å². The number of phenolic OH excluding ortho intramolecular Hbond substituents is 1. The van der Waals surface area contributed by atoms with Crippen LogP contribution in [0.25, 0.3) is 32.9 Å². The maximum absolute atomic E-state index is 17.2. The van der Waals surface area contributed by atoms with E-state index in [0.29, 0.717) is 77.0 Å². The molecule has 2 spiro atoms. The molecule has 0 radical (unpaired) electrons. The van der Waals surface area contributed by atoms with Crippen LogP contribution in [0.4, 0.5) is 30.4 Å². The molecule has 1 saturated carbocycles. The average Bonchev–Trinajstić information content (AvgIpc) is 4.09. The highest BCUT2D eigenvalue weighted by Gasteiger charge is 2.47. The van der Waals surface area contributed by atoms with Crippen LogP contribution in [0.15, 0.2) is 48.7 Å². The van der Waals surface area contributed by atoms with E-state index >= 15 is 13.2 Å². The standard InChI is InChI=1S/C51H57F3N8O5/c1-2-34-37(52)6-4-31-24-33(63)26-35(42(31)34)44-43(54)45-36(27-55-44)46(62-18-3-10-51(29-62)17-23-67-51)59-48(58-45)66-30-50(11-12-50)28-60-19-13-49(14-20-60)15-21-61(22-16-49)40-8-5-32(25-38(40)53)56-39-7-9-41(64)57-47(39)65/h4-6,8,24-27,39,56,63H,2-3,7,9-23,28-30H2,1H3,(H,57,64,65). The number of carbonyl (C=O) groups excluding carboxylic acids is 2. The number of nitrogens with one attached hydrogen (secondary N) is 2. The fourth-order valence-corrected chi connectivity index (χ4v) is 11.5. The van der Waals surface area contributed by atoms with Crippen molar-refractivity contribution in [3.8, 4) is 23.0 Å². The second-order valence-electron chi connectivity index (χ2n) is 20.2. The second kappa shape index (κ2) is 17.1. The molecule has 7 heterocycles. The van der Waals surface area contributed by atoms with Gasteiger partial charge in [0.25, 0.3) is 0 Å². The fourth-order valence-electron chi connectivity index (χ4n) is 11.5. The summed E-state index contributed by atoms with van der Waals surface area (Å²) in [7, 11) is 0. The lowest BCUT2D eigenvalue weighted by molar-refractivity contribution is -0.151. The summed E-state index contributed by atoms with van der Waals surface area (Å²) in [6.07, 6.45) is 11.5. The Kier molecular flexibility index (Phi) is 11.2. The number of aromatic nitrogens is 3. The summed E-state index contributed by atoms with van der Waals surface area (Å²) >= 11 is 0. The molecule has 67 heavy (non-hydrogen) atoms. The molecule has 3 aromatic carbocycles. The van der Waals surface area contributed by atoms with E-state index in [9.17, 15) is 14.7 Å². The summed E-state index contributed by atoms with van der Waals surface area (Å²) < 4.78 is 60.5. The quantitative estimate of drug-likeness (QED) is 0.110. The Morgan fingerprint density at radius 3 is 2.42 bits per heavy atom. The summed E-state index contributed by atoms with van der Waals surface area (Å²) in [6.45, 7) is 8.66. The number of amides is 2. The average molecular weight is 919 g/mol. The Morgan fingerprint density at radius 2 is 1.70 bits per heavy atom. The third-order valence-corrected chi connectivity index (χ3v) is 15.8. The van der Waals surface area contributed by atoms with Gasteiger partial charge in [-0.05, 0) is 135 Å². The third-order valence-electron chi connectivity index (χ3n) is 15.8. The summed E-state index contributed by atoms with van der Waals surface area (Å²) in [5, 5.41) is 17.7. The SMILES string of the molecule is CCc1c(F)ccc2cc(O)cc(-c3ncc4c(N5CCCC6(CCO6)C5)nc(OCC5(CN6CCC7(CC6)CCN(c6ccc(NC8CCC(=O)NC8=O)cc6F)CC7)CC5)nc4c3F)c12. The number of halogens is 3. The van der Waals surface area contributed by atoms with Crippen LogP contribution in [-0.2, 0) is 20.7 Å². The molecule has 5 aliphatic heterocycles. The van der Waals surface area contributed by atoms with Crippen molar-refractivity contribution in [1.29, 1.82) is 0 Å². The van der Waals surface area contributed by atoms with E-state index in [1.54, 1.807) is 30.5 Å². The van der Waals surface area contributed by atoms with E-state index in [0.717, 1.165) is 97.1 Å². The van der Waals surface area contributed by atoms with Crippen molar-refractivity contribution in [2.45, 2.75) is 95.6 Å². The first-order valence-electron chi connectivity index (χ1n) is 24.1. The number of fused-ring (bicyclic) bond motifs is 2. The zero-order valence-corrected chi connectivity index (χ0v) is 37.9. The predicted octanol–water partition coefficient (Wildman–Crippen LogP) is 8.05. The van der Waals surface area contributed by atoms with Crippen LogP contribution in [0.2, 0.25) is 0 Å². The van der Waals surface area contributed by atoms with Gasteiger partial charge in [0.1, 0.15) is 40.5 Å². The predicted molar refractivity (Wildman–Crippen MR) is 249 cm³/mol. The number of nitrogens with zero attached hydrogens (tertiary/aromatic N) is 6. The molecule has 11 rings (SSSR count). The van der Waals surface area contributed by atoms with Gasteiger partial charge in [-0.15, -0.1) is 0 Å². The van der Waals surface area contributed by atoms with Crippen molar-refractivity contribution >= 4 is 50.7 Å². The first kappa shape index (κ1) is 43.8. The summed E-state index contributed by atoms with van der Waals surface area (Å²) in [4.78, 5) is 44.9. The van der Waals surface area contributed by atoms with Crippen molar-refractivity contribution in [3.05, 3.63) is 71.7 Å². The molecule has 1 aliphatic carbocycles. The Bertz CT molecular complexity index is 2770. The van der Waals surface area contributed by atoms with Crippen molar-refractivity contribution in [2.75, 3.05) is 74.1 Å². The maximum Gasteiger partial charge on any atom is 0.319 e. The number of aryl methyl sites for hydroxylation is 1. The van der Waals surface area contributed by atoms with Gasteiger partial charge in [0.05, 0.1) is 29.9 Å². The Balaban J connectivity index is 0.773. The Labute approximate surface area is 387 Å². The number of aromatic hydroxyl groups is 1. The van der Waals surface area contributed by atoms with Crippen molar-refractivity contribution in [3.63, 3.8) is 0 Å². The van der Waals surface area contributed by atoms with Gasteiger partial charge in [-0.3, -0.25) is 19.9 Å². The lowest BCUT2D eigenvalue weighted by Crippen LogP contribution is -2.56. The fraction of sp³-hybridized carbons (Fsp3) is 0.510. The van der Waals surface area contributed by atoms with Gasteiger partial charge in [-0.1, -0.05) is 13.0 Å². The van der Waals surface area contributed by atoms with E-state index in [-0.39, 0.29) is 63.5 Å². The molecule has 2 aromatic heterocycles. The number of pyridine rings is 1. The zero-order valence-electron chi connectivity index (χ0n) is 37.9. The number of ether oxygens (including phenoxy) is 2. The maximum atomic E-state index is 17.2. The molecule has 13 nitrogen and oxygen atoms in total. The first-order chi connectivity index (χ1) is 32.4. The van der Waals surface area contributed by atoms with Crippen LogP contribution in [-0.4, -0.2) is 107 Å². The number of hydrogen-bond donors (Lipinski definition) is 3. The van der Waals surface area contributed by atoms with E-state index in [1.807, 2.05) is 6.92 Å². The molecular weight excluding hydrogens is 862 g/mol. The van der Waals surface area contributed by atoms with Crippen LogP contribution >= 0.6 is 0 Å². The number of phenols is 1. The van der Waals surface area contributed by atoms with E-state index in [2.05, 4.69) is 30.3 Å². The van der Waals surface area contributed by atoms with Crippen LogP contribution < -0.4 is 25.2 Å². The van der Waals surface area contributed by atoms with E-state index < -0.39 is 17.7 Å². The number of imide groups is 1. The number of carbonyl (C=O) groups is 2. The normalized spacial score (nSPS) is 23.7. The topological polar surface area (TPSA) is 145 Å². The summed E-state index contributed by atoms with van der Waals surface area (Å²) in [5.74, 6) is -1.62. The Morgan fingerprint density at radius 1 is 0.910 bits per heavy atom. The molecule has 6 aliphatic rings. The highest BCUT2D eigenvalue weighted by molar-refractivity contribution is 6.02. The van der Waals surface area contributed by atoms with Crippen LogP contribution in [0.1, 0.15) is 83.1 Å². The molecule has 2 unspecified atom stereocenters. The molecule has 0 bridgehead atoms. The minimum atomic E-state index is -0.688. The van der Waals surface area contributed by atoms with Crippen LogP contribution in [0.3, 0.4) is 0 Å². The van der Waals surface area contributed by atoms with Gasteiger partial charge in [0.15, 0.2) is 5.82 Å². The summed E-state index contributed by atoms with van der Waals surface area (Å²) in [6, 6.07) is 10.5. The molecule has 352 valence electrons. The van der Waals surface area contributed by atoms with Crippen molar-refractivity contribution in [2.24, 2.45) is 10.8 Å². The van der Waals surface area contributed by atoms with Crippen LogP contribution in [0, 0.1) is 28.3 Å². The molecule has 3 N–H and O–H groups in total. The van der Waals surface area contributed by atoms with Crippen LogP contribution in [0.5, 0.6) is 11.8 Å². The molecule has 6 fully saturated rings. The van der Waals surface area contributed by atoms with Gasteiger partial charge in [0, 0.05) is 68.4 Å². The number of hydrogen-bond acceptors (Lipinski definition) is 12. The molecule has 2 atom stereocenters. The van der Waals surface area contributed by atoms with Gasteiger partial charge in [0.2, 0.25) is 11.8 Å². The number of anilines is 3. The second-order valence-corrected chi connectivity index (χ2v) is 20.2. The summed E-state index contributed by atoms with van der Waals surface area (Å²) in [5.41, 5.74) is 1.72. The number of likely N-dealkylation sites (tertiary alicyclic amines) is 1. The van der Waals surface area contributed by atoms with Gasteiger partial charge in [-0.25, -0.2) is 13.2 Å². The number of piperidine rings is 4. The minimum absolute atomic E-state index is 0.0312.